The molecule has 4 rings (SSSR count). The molecule has 1 aromatic heterocycles. The first-order valence-electron chi connectivity index (χ1n) is 11.4. The number of carbonyl (C=O) groups excluding carboxylic acids is 1. The summed E-state index contributed by atoms with van der Waals surface area (Å²) in [5.74, 6) is -1.23. The molecule has 0 radical (unpaired) electrons. The lowest BCUT2D eigenvalue weighted by Crippen LogP contribution is -2.25. The Morgan fingerprint density at radius 3 is 2.64 bits per heavy atom. The molecule has 4 aromatic rings. The number of carboxylic acid groups (broad SMARTS) is 1. The van der Waals surface area contributed by atoms with Crippen molar-refractivity contribution in [2.75, 3.05) is 13.7 Å². The number of H-pyrrole nitrogens is 1. The van der Waals surface area contributed by atoms with Crippen LogP contribution in [0, 0.1) is 11.7 Å². The Kier molecular flexibility index (Phi) is 7.26. The number of carbonyl (C=O) groups is 2. The highest BCUT2D eigenvalue weighted by atomic mass is 35.5. The molecular weight excluding hydrogens is 485 g/mol. The first-order valence-corrected chi connectivity index (χ1v) is 11.8. The Bertz CT molecular complexity index is 1470. The second-order valence-corrected chi connectivity index (χ2v) is 9.16. The summed E-state index contributed by atoms with van der Waals surface area (Å²) < 4.78 is 19.3. The molecule has 9 heteroatoms. The maximum absolute atomic E-state index is 14.2. The summed E-state index contributed by atoms with van der Waals surface area (Å²) >= 11 is 6.57. The lowest BCUT2D eigenvalue weighted by Gasteiger charge is -2.14. The van der Waals surface area contributed by atoms with E-state index in [1.807, 2.05) is 0 Å². The van der Waals surface area contributed by atoms with Gasteiger partial charge in [-0.25, -0.2) is 14.2 Å². The number of nitrogens with one attached hydrogen (secondary N) is 2. The van der Waals surface area contributed by atoms with E-state index in [4.69, 9.17) is 16.3 Å². The van der Waals surface area contributed by atoms with E-state index in [1.165, 1.54) is 25.3 Å². The smallest absolute Gasteiger partial charge is 0.336 e. The number of carboxylic acids is 1. The van der Waals surface area contributed by atoms with Crippen molar-refractivity contribution in [2.24, 2.45) is 5.92 Å². The van der Waals surface area contributed by atoms with Crippen molar-refractivity contribution in [3.63, 3.8) is 0 Å². The van der Waals surface area contributed by atoms with Crippen LogP contribution >= 0.6 is 11.6 Å². The van der Waals surface area contributed by atoms with Gasteiger partial charge < -0.3 is 20.1 Å². The van der Waals surface area contributed by atoms with Crippen molar-refractivity contribution in [2.45, 2.75) is 20.3 Å². The Morgan fingerprint density at radius 1 is 1.17 bits per heavy atom. The van der Waals surface area contributed by atoms with Gasteiger partial charge in [0.2, 0.25) is 0 Å². The summed E-state index contributed by atoms with van der Waals surface area (Å²) in [6, 6.07) is 12.3. The fourth-order valence-corrected chi connectivity index (χ4v) is 4.22. The molecule has 0 spiro atoms. The molecule has 36 heavy (non-hydrogen) atoms. The van der Waals surface area contributed by atoms with Gasteiger partial charge in [-0.1, -0.05) is 43.6 Å². The first kappa shape index (κ1) is 25.2. The summed E-state index contributed by atoms with van der Waals surface area (Å²) in [5, 5.41) is 13.1. The van der Waals surface area contributed by atoms with Crippen molar-refractivity contribution < 1.29 is 23.8 Å². The van der Waals surface area contributed by atoms with Crippen LogP contribution in [-0.2, 0) is 0 Å². The van der Waals surface area contributed by atoms with Gasteiger partial charge in [0.05, 0.1) is 23.7 Å². The zero-order chi connectivity index (χ0) is 26.0. The van der Waals surface area contributed by atoms with Gasteiger partial charge in [-0.3, -0.25) is 4.79 Å². The van der Waals surface area contributed by atoms with Crippen LogP contribution in [0.2, 0.25) is 5.02 Å². The minimum Gasteiger partial charge on any atom is -0.494 e. The molecule has 0 aliphatic carbocycles. The summed E-state index contributed by atoms with van der Waals surface area (Å²) in [6.45, 7) is 4.60. The third-order valence-electron chi connectivity index (χ3n) is 5.81. The van der Waals surface area contributed by atoms with Gasteiger partial charge >= 0.3 is 5.97 Å². The van der Waals surface area contributed by atoms with Crippen LogP contribution in [0.3, 0.4) is 0 Å². The van der Waals surface area contributed by atoms with E-state index >= 15 is 0 Å². The monoisotopic (exact) mass is 509 g/mol. The minimum atomic E-state index is -1.20. The maximum atomic E-state index is 14.2. The topological polar surface area (TPSA) is 104 Å². The largest absolute Gasteiger partial charge is 0.494 e. The predicted octanol–water partition coefficient (Wildman–Crippen LogP) is 6.17. The number of hydrogen-bond donors (Lipinski definition) is 3. The molecule has 3 N–H and O–H groups in total. The number of benzene rings is 3. The third kappa shape index (κ3) is 5.04. The normalized spacial score (nSPS) is 11.2. The molecule has 0 fully saturated rings. The van der Waals surface area contributed by atoms with Crippen molar-refractivity contribution in [1.29, 1.82) is 0 Å². The Labute approximate surface area is 212 Å². The van der Waals surface area contributed by atoms with E-state index < -0.39 is 11.8 Å². The van der Waals surface area contributed by atoms with Crippen molar-refractivity contribution >= 4 is 34.5 Å². The quantitative estimate of drug-likeness (QED) is 0.263. The van der Waals surface area contributed by atoms with E-state index in [2.05, 4.69) is 29.1 Å². The molecular formula is C27H25ClFN3O4. The van der Waals surface area contributed by atoms with Crippen molar-refractivity contribution in [3.8, 4) is 28.3 Å². The Hall–Kier alpha value is -3.91. The van der Waals surface area contributed by atoms with E-state index in [0.29, 0.717) is 51.0 Å². The summed E-state index contributed by atoms with van der Waals surface area (Å²) in [6.07, 6.45) is 0.811. The lowest BCUT2D eigenvalue weighted by molar-refractivity contribution is 0.0697. The summed E-state index contributed by atoms with van der Waals surface area (Å²) in [4.78, 5) is 32.5. The number of rotatable bonds is 8. The van der Waals surface area contributed by atoms with Gasteiger partial charge in [0.25, 0.3) is 5.91 Å². The number of ether oxygens (including phenoxy) is 1. The van der Waals surface area contributed by atoms with Crippen LogP contribution in [0.15, 0.2) is 48.5 Å². The highest BCUT2D eigenvalue weighted by molar-refractivity contribution is 6.34. The third-order valence-corrected chi connectivity index (χ3v) is 6.13. The number of amides is 1. The average molecular weight is 510 g/mol. The molecule has 0 aliphatic heterocycles. The second kappa shape index (κ2) is 10.4. The predicted molar refractivity (Wildman–Crippen MR) is 137 cm³/mol. The highest BCUT2D eigenvalue weighted by Gasteiger charge is 2.22. The molecule has 0 bridgehead atoms. The first-order chi connectivity index (χ1) is 17.2. The second-order valence-electron chi connectivity index (χ2n) is 8.76. The number of fused-ring (bicyclic) bond motifs is 1. The molecule has 0 aliphatic rings. The molecule has 0 unspecified atom stereocenters. The number of aromatic nitrogens is 2. The molecule has 0 saturated heterocycles. The van der Waals surface area contributed by atoms with Gasteiger partial charge in [0.1, 0.15) is 5.82 Å². The van der Waals surface area contributed by atoms with E-state index in [0.717, 1.165) is 6.42 Å². The van der Waals surface area contributed by atoms with Crippen molar-refractivity contribution in [3.05, 3.63) is 70.5 Å². The molecule has 1 amide bonds. The summed E-state index contributed by atoms with van der Waals surface area (Å²) in [7, 11) is 1.37. The van der Waals surface area contributed by atoms with Crippen molar-refractivity contribution in [1.82, 2.24) is 15.3 Å². The average Bonchev–Trinajstić information content (AvgIpc) is 3.25. The van der Waals surface area contributed by atoms with Crippen LogP contribution < -0.4 is 10.1 Å². The summed E-state index contributed by atoms with van der Waals surface area (Å²) in [5.41, 5.74) is 2.35. The number of methoxy groups -OCH3 is 1. The number of aromatic carboxylic acids is 1. The number of nitrogens with zero attached hydrogens (tertiary/aromatic N) is 1. The molecule has 3 aromatic carbocycles. The Morgan fingerprint density at radius 2 is 1.94 bits per heavy atom. The van der Waals surface area contributed by atoms with Crippen LogP contribution in [-0.4, -0.2) is 40.6 Å². The molecule has 0 saturated carbocycles. The number of halogens is 2. The van der Waals surface area contributed by atoms with Gasteiger partial charge in [0.15, 0.2) is 11.6 Å². The van der Waals surface area contributed by atoms with Crippen LogP contribution in [0.4, 0.5) is 4.39 Å². The standard InChI is InChI=1S/C27H25ClFN3O4/c1-14(2)9-10-30-26(33)15-7-8-16(18(11-15)27(34)35)24-17(5-4-6-19(24)28)25-31-21-12-20(29)23(36-3)13-22(21)32-25/h4-8,11-14H,9-10H2,1-3H3,(H,30,33)(H,31,32)(H,34,35). The zero-order valence-corrected chi connectivity index (χ0v) is 20.7. The van der Waals surface area contributed by atoms with E-state index in [1.54, 1.807) is 30.3 Å². The van der Waals surface area contributed by atoms with Gasteiger partial charge in [-0.05, 0) is 36.1 Å². The molecule has 1 heterocycles. The fourth-order valence-electron chi connectivity index (χ4n) is 3.95. The van der Waals surface area contributed by atoms with Crippen LogP contribution in [0.5, 0.6) is 5.75 Å². The van der Waals surface area contributed by atoms with Crippen LogP contribution in [0.25, 0.3) is 33.5 Å². The number of hydrogen-bond acceptors (Lipinski definition) is 4. The fraction of sp³-hybridized carbons (Fsp3) is 0.222. The van der Waals surface area contributed by atoms with Gasteiger partial charge in [-0.15, -0.1) is 0 Å². The van der Waals surface area contributed by atoms with E-state index in [-0.39, 0.29) is 22.8 Å². The lowest BCUT2D eigenvalue weighted by atomic mass is 9.93. The van der Waals surface area contributed by atoms with Gasteiger partial charge in [0, 0.05) is 40.4 Å². The molecule has 7 nitrogen and oxygen atoms in total. The maximum Gasteiger partial charge on any atom is 0.336 e. The SMILES string of the molecule is COc1cc2[nH]c(-c3cccc(Cl)c3-c3ccc(C(=O)NCCC(C)C)cc3C(=O)O)nc2cc1F. The van der Waals surface area contributed by atoms with E-state index in [9.17, 15) is 19.1 Å². The van der Waals surface area contributed by atoms with Gasteiger partial charge in [-0.2, -0.15) is 0 Å². The molecule has 0 atom stereocenters. The Balaban J connectivity index is 1.80. The zero-order valence-electron chi connectivity index (χ0n) is 20.0. The number of aromatic amines is 1. The minimum absolute atomic E-state index is 0.0689. The highest BCUT2D eigenvalue weighted by Crippen LogP contribution is 2.39. The molecule has 186 valence electrons. The van der Waals surface area contributed by atoms with Crippen LogP contribution in [0.1, 0.15) is 41.0 Å². The number of imidazole rings is 1.